The van der Waals surface area contributed by atoms with Gasteiger partial charge in [-0.2, -0.15) is 0 Å². The minimum absolute atomic E-state index is 0.00477. The highest BCUT2D eigenvalue weighted by Gasteiger charge is 2.24. The third-order valence-electron chi connectivity index (χ3n) is 2.77. The number of hydrogen-bond donors (Lipinski definition) is 1. The Kier molecular flexibility index (Phi) is 3.48. The van der Waals surface area contributed by atoms with Gasteiger partial charge in [0.05, 0.1) is 11.7 Å². The van der Waals surface area contributed by atoms with Crippen LogP contribution in [0.5, 0.6) is 0 Å². The van der Waals surface area contributed by atoms with E-state index in [9.17, 15) is 4.79 Å². The Balaban J connectivity index is 2.05. The molecule has 5 nitrogen and oxygen atoms in total. The van der Waals surface area contributed by atoms with E-state index in [4.69, 9.17) is 10.7 Å². The van der Waals surface area contributed by atoms with Crippen molar-refractivity contribution >= 4 is 5.91 Å². The molecule has 2 heterocycles. The summed E-state index contributed by atoms with van der Waals surface area (Å²) in [5, 5.41) is 0. The molecule has 1 aliphatic heterocycles. The normalized spacial score (nSPS) is 20.8. The largest absolute Gasteiger partial charge is 0.336 e. The van der Waals surface area contributed by atoms with Gasteiger partial charge in [0.1, 0.15) is 0 Å². The molecule has 16 heavy (non-hydrogen) atoms. The first-order valence-electron chi connectivity index (χ1n) is 5.36. The smallest absolute Gasteiger partial charge is 0.255 e. The van der Waals surface area contributed by atoms with Crippen LogP contribution >= 0.6 is 0 Å². The number of aromatic nitrogens is 1. The Bertz CT molecular complexity index is 356. The quantitative estimate of drug-likeness (QED) is 0.741. The van der Waals surface area contributed by atoms with Gasteiger partial charge in [-0.15, -0.1) is 0 Å². The van der Waals surface area contributed by atoms with Gasteiger partial charge in [0.15, 0.2) is 0 Å². The van der Waals surface area contributed by atoms with Gasteiger partial charge in [0.2, 0.25) is 0 Å². The standard InChI is InChI=1S/C11H15N3O2/c12-16-10-4-2-6-14(8-10)11(15)9-3-1-5-13-7-9/h1,3,5,7,10H,2,4,6,8,12H2. The van der Waals surface area contributed by atoms with E-state index in [-0.39, 0.29) is 12.0 Å². The molecule has 0 aromatic carbocycles. The maximum absolute atomic E-state index is 12.1. The van der Waals surface area contributed by atoms with Gasteiger partial charge in [0, 0.05) is 25.5 Å². The number of pyridine rings is 1. The lowest BCUT2D eigenvalue weighted by atomic mass is 10.1. The number of piperidine rings is 1. The number of carbonyl (C=O) groups excluding carboxylic acids is 1. The van der Waals surface area contributed by atoms with E-state index in [2.05, 4.69) is 4.98 Å². The number of carbonyl (C=O) groups is 1. The molecule has 0 aliphatic carbocycles. The summed E-state index contributed by atoms with van der Waals surface area (Å²) in [7, 11) is 0. The molecular formula is C11H15N3O2. The number of rotatable bonds is 2. The molecule has 0 radical (unpaired) electrons. The fourth-order valence-corrected chi connectivity index (χ4v) is 1.91. The maximum Gasteiger partial charge on any atom is 0.255 e. The number of nitrogens with zero attached hydrogens (tertiary/aromatic N) is 2. The number of hydrogen-bond acceptors (Lipinski definition) is 4. The van der Waals surface area contributed by atoms with Crippen molar-refractivity contribution in [2.45, 2.75) is 18.9 Å². The third-order valence-corrected chi connectivity index (χ3v) is 2.77. The highest BCUT2D eigenvalue weighted by atomic mass is 16.6. The van der Waals surface area contributed by atoms with Crippen LogP contribution in [0.3, 0.4) is 0 Å². The summed E-state index contributed by atoms with van der Waals surface area (Å²) in [6, 6.07) is 3.52. The second kappa shape index (κ2) is 5.05. The van der Waals surface area contributed by atoms with Gasteiger partial charge in [-0.25, -0.2) is 5.90 Å². The van der Waals surface area contributed by atoms with Crippen LogP contribution in [0.25, 0.3) is 0 Å². The van der Waals surface area contributed by atoms with Crippen molar-refractivity contribution in [2.24, 2.45) is 5.90 Å². The van der Waals surface area contributed by atoms with Crippen LogP contribution in [0.15, 0.2) is 24.5 Å². The Hall–Kier alpha value is -1.46. The molecule has 1 aliphatic rings. The zero-order chi connectivity index (χ0) is 11.4. The van der Waals surface area contributed by atoms with Crippen molar-refractivity contribution in [1.82, 2.24) is 9.88 Å². The Labute approximate surface area is 94.2 Å². The molecule has 5 heteroatoms. The second-order valence-electron chi connectivity index (χ2n) is 3.89. The van der Waals surface area contributed by atoms with Gasteiger partial charge in [-0.05, 0) is 25.0 Å². The summed E-state index contributed by atoms with van der Waals surface area (Å²) >= 11 is 0. The van der Waals surface area contributed by atoms with Crippen LogP contribution in [0.1, 0.15) is 23.2 Å². The first-order valence-corrected chi connectivity index (χ1v) is 5.36. The molecule has 1 unspecified atom stereocenters. The number of amides is 1. The highest BCUT2D eigenvalue weighted by Crippen LogP contribution is 2.14. The number of nitrogens with two attached hydrogens (primary N) is 1. The van der Waals surface area contributed by atoms with E-state index >= 15 is 0 Å². The van der Waals surface area contributed by atoms with Gasteiger partial charge >= 0.3 is 0 Å². The molecule has 1 atom stereocenters. The van der Waals surface area contributed by atoms with Crippen LogP contribution in [0, 0.1) is 0 Å². The van der Waals surface area contributed by atoms with Crippen molar-refractivity contribution in [3.63, 3.8) is 0 Å². The molecule has 2 rings (SSSR count). The highest BCUT2D eigenvalue weighted by molar-refractivity contribution is 5.93. The summed E-state index contributed by atoms with van der Waals surface area (Å²) in [5.74, 6) is 5.15. The predicted molar refractivity (Wildman–Crippen MR) is 58.4 cm³/mol. The zero-order valence-electron chi connectivity index (χ0n) is 9.00. The maximum atomic E-state index is 12.1. The van der Waals surface area contributed by atoms with Crippen LogP contribution < -0.4 is 5.90 Å². The predicted octanol–water partition coefficient (Wildman–Crippen LogP) is 0.576. The van der Waals surface area contributed by atoms with E-state index < -0.39 is 0 Å². The molecule has 1 fully saturated rings. The summed E-state index contributed by atoms with van der Waals surface area (Å²) in [6.07, 6.45) is 5.02. The van der Waals surface area contributed by atoms with Crippen LogP contribution in [0.2, 0.25) is 0 Å². The van der Waals surface area contributed by atoms with E-state index in [1.54, 1.807) is 29.4 Å². The van der Waals surface area contributed by atoms with Crippen LogP contribution in [0.4, 0.5) is 0 Å². The first kappa shape index (κ1) is 11.0. The molecule has 1 amide bonds. The molecule has 2 N–H and O–H groups in total. The lowest BCUT2D eigenvalue weighted by molar-refractivity contribution is 0.000951. The zero-order valence-corrected chi connectivity index (χ0v) is 9.00. The summed E-state index contributed by atoms with van der Waals surface area (Å²) in [6.45, 7) is 1.32. The third kappa shape index (κ3) is 2.37. The topological polar surface area (TPSA) is 68.5 Å². The SMILES string of the molecule is NOC1CCCN(C(=O)c2cccnc2)C1. The molecule has 0 spiro atoms. The van der Waals surface area contributed by atoms with E-state index in [0.29, 0.717) is 12.1 Å². The van der Waals surface area contributed by atoms with Crippen molar-refractivity contribution in [2.75, 3.05) is 13.1 Å². The lowest BCUT2D eigenvalue weighted by Crippen LogP contribution is -2.44. The molecule has 1 aromatic heterocycles. The molecule has 1 aromatic rings. The van der Waals surface area contributed by atoms with Crippen molar-refractivity contribution in [3.8, 4) is 0 Å². The van der Waals surface area contributed by atoms with Gasteiger partial charge in [-0.1, -0.05) is 0 Å². The fraction of sp³-hybridized carbons (Fsp3) is 0.455. The van der Waals surface area contributed by atoms with Gasteiger partial charge < -0.3 is 4.90 Å². The summed E-state index contributed by atoms with van der Waals surface area (Å²) in [4.78, 5) is 22.5. The Morgan fingerprint density at radius 3 is 3.19 bits per heavy atom. The molecule has 0 bridgehead atoms. The molecule has 0 saturated carbocycles. The van der Waals surface area contributed by atoms with Crippen LogP contribution in [-0.2, 0) is 4.84 Å². The average molecular weight is 221 g/mol. The summed E-state index contributed by atoms with van der Waals surface area (Å²) < 4.78 is 0. The van der Waals surface area contributed by atoms with Crippen molar-refractivity contribution in [3.05, 3.63) is 30.1 Å². The Morgan fingerprint density at radius 1 is 1.62 bits per heavy atom. The van der Waals surface area contributed by atoms with Gasteiger partial charge in [0.25, 0.3) is 5.91 Å². The lowest BCUT2D eigenvalue weighted by Gasteiger charge is -2.31. The van der Waals surface area contributed by atoms with E-state index in [1.165, 1.54) is 0 Å². The average Bonchev–Trinajstić information content (AvgIpc) is 2.39. The molecule has 1 saturated heterocycles. The molecular weight excluding hydrogens is 206 g/mol. The minimum atomic E-state index is -0.0469. The number of likely N-dealkylation sites (tertiary alicyclic amines) is 1. The van der Waals surface area contributed by atoms with Crippen LogP contribution in [-0.4, -0.2) is 35.0 Å². The monoisotopic (exact) mass is 221 g/mol. The van der Waals surface area contributed by atoms with Gasteiger partial charge in [-0.3, -0.25) is 14.6 Å². The Morgan fingerprint density at radius 2 is 2.50 bits per heavy atom. The van der Waals surface area contributed by atoms with Crippen molar-refractivity contribution in [1.29, 1.82) is 0 Å². The second-order valence-corrected chi connectivity index (χ2v) is 3.89. The molecule has 86 valence electrons. The van der Waals surface area contributed by atoms with E-state index in [1.807, 2.05) is 0 Å². The first-order chi connectivity index (χ1) is 7.81. The van der Waals surface area contributed by atoms with Crippen molar-refractivity contribution < 1.29 is 9.63 Å². The summed E-state index contributed by atoms with van der Waals surface area (Å²) in [5.41, 5.74) is 0.611. The fourth-order valence-electron chi connectivity index (χ4n) is 1.91. The van der Waals surface area contributed by atoms with E-state index in [0.717, 1.165) is 19.4 Å². The minimum Gasteiger partial charge on any atom is -0.336 e.